The maximum absolute atomic E-state index is 4.25. The van der Waals surface area contributed by atoms with E-state index in [1.807, 2.05) is 0 Å². The van der Waals surface area contributed by atoms with Gasteiger partial charge in [0, 0.05) is 11.6 Å². The zero-order valence-electron chi connectivity index (χ0n) is 12.9. The van der Waals surface area contributed by atoms with Crippen LogP contribution >= 0.6 is 0 Å². The zero-order valence-corrected chi connectivity index (χ0v) is 12.9. The van der Waals surface area contributed by atoms with Gasteiger partial charge in [0.15, 0.2) is 0 Å². The topological polar surface area (TPSA) is 15.3 Å². The predicted molar refractivity (Wildman–Crippen MR) is 81.0 cm³/mol. The van der Waals surface area contributed by atoms with Gasteiger partial charge in [0.05, 0.1) is 0 Å². The molecule has 106 valence electrons. The van der Waals surface area contributed by atoms with E-state index in [-0.39, 0.29) is 5.54 Å². The van der Waals surface area contributed by atoms with Crippen LogP contribution in [0, 0.1) is 0 Å². The lowest BCUT2D eigenvalue weighted by molar-refractivity contribution is 0.0946. The van der Waals surface area contributed by atoms with Gasteiger partial charge < -0.3 is 10.2 Å². The summed E-state index contributed by atoms with van der Waals surface area (Å²) in [7, 11) is 4.49. The Hall–Kier alpha value is -0.340. The van der Waals surface area contributed by atoms with E-state index < -0.39 is 0 Å². The fourth-order valence-corrected chi connectivity index (χ4v) is 3.45. The molecule has 1 aliphatic rings. The molecular weight excluding hydrogens is 220 g/mol. The highest BCUT2D eigenvalue weighted by Gasteiger charge is 2.40. The summed E-state index contributed by atoms with van der Waals surface area (Å²) in [5.74, 6) is 0. The largest absolute Gasteiger partial charge is 0.309 e. The van der Waals surface area contributed by atoms with E-state index >= 15 is 0 Å². The van der Waals surface area contributed by atoms with Crippen LogP contribution in [-0.4, -0.2) is 37.1 Å². The molecule has 0 bridgehead atoms. The minimum atomic E-state index is 0.275. The van der Waals surface area contributed by atoms with Crippen LogP contribution in [0.15, 0.2) is 12.2 Å². The van der Waals surface area contributed by atoms with Crippen molar-refractivity contribution in [1.82, 2.24) is 10.2 Å². The number of hydrogen-bond acceptors (Lipinski definition) is 2. The van der Waals surface area contributed by atoms with E-state index in [0.29, 0.717) is 6.04 Å². The van der Waals surface area contributed by atoms with Crippen molar-refractivity contribution in [3.63, 3.8) is 0 Å². The van der Waals surface area contributed by atoms with Crippen LogP contribution in [0.25, 0.3) is 0 Å². The lowest BCUT2D eigenvalue weighted by Gasteiger charge is -2.46. The summed E-state index contributed by atoms with van der Waals surface area (Å²) in [6.07, 6.45) is 9.29. The zero-order chi connectivity index (χ0) is 13.6. The van der Waals surface area contributed by atoms with Gasteiger partial charge in [0.1, 0.15) is 0 Å². The molecule has 1 unspecified atom stereocenters. The standard InChI is InChI=1S/C16H32N2/c1-6-13-17-15(14(2)3)16(18(4)5)11-9-7-8-10-12-16/h15,17H,2,6-13H2,1,3-5H3. The Morgan fingerprint density at radius 1 is 1.22 bits per heavy atom. The maximum Gasteiger partial charge on any atom is 0.0460 e. The lowest BCUT2D eigenvalue weighted by Crippen LogP contribution is -2.59. The third-order valence-corrected chi connectivity index (χ3v) is 4.49. The fourth-order valence-electron chi connectivity index (χ4n) is 3.45. The Morgan fingerprint density at radius 2 is 1.78 bits per heavy atom. The molecule has 0 aromatic rings. The molecule has 18 heavy (non-hydrogen) atoms. The van der Waals surface area contributed by atoms with Crippen molar-refractivity contribution in [2.45, 2.75) is 70.4 Å². The third kappa shape index (κ3) is 3.58. The van der Waals surface area contributed by atoms with Crippen LogP contribution in [-0.2, 0) is 0 Å². The molecule has 0 aliphatic heterocycles. The molecule has 0 saturated heterocycles. The number of hydrogen-bond donors (Lipinski definition) is 1. The van der Waals surface area contributed by atoms with Crippen LogP contribution in [0.3, 0.4) is 0 Å². The minimum absolute atomic E-state index is 0.275. The summed E-state index contributed by atoms with van der Waals surface area (Å²) in [6.45, 7) is 9.76. The van der Waals surface area contributed by atoms with Gasteiger partial charge in [-0.15, -0.1) is 0 Å². The second-order valence-corrected chi connectivity index (χ2v) is 6.15. The van der Waals surface area contributed by atoms with Crippen LogP contribution in [0.1, 0.15) is 58.8 Å². The first kappa shape index (κ1) is 15.7. The van der Waals surface area contributed by atoms with Crippen LogP contribution in [0.4, 0.5) is 0 Å². The summed E-state index contributed by atoms with van der Waals surface area (Å²) in [5.41, 5.74) is 1.57. The molecule has 0 radical (unpaired) electrons. The Morgan fingerprint density at radius 3 is 2.17 bits per heavy atom. The Kier molecular flexibility index (Phi) is 6.37. The van der Waals surface area contributed by atoms with E-state index in [4.69, 9.17) is 0 Å². The lowest BCUT2D eigenvalue weighted by atomic mass is 9.78. The minimum Gasteiger partial charge on any atom is -0.309 e. The molecule has 0 aromatic heterocycles. The monoisotopic (exact) mass is 252 g/mol. The molecular formula is C16H32N2. The summed E-state index contributed by atoms with van der Waals surface area (Å²) in [4.78, 5) is 2.46. The fraction of sp³-hybridized carbons (Fsp3) is 0.875. The van der Waals surface area contributed by atoms with Crippen molar-refractivity contribution >= 4 is 0 Å². The van der Waals surface area contributed by atoms with E-state index in [2.05, 4.69) is 44.7 Å². The van der Waals surface area contributed by atoms with Gasteiger partial charge in [0.25, 0.3) is 0 Å². The normalized spacial score (nSPS) is 21.6. The van der Waals surface area contributed by atoms with Gasteiger partial charge >= 0.3 is 0 Å². The average Bonchev–Trinajstić information content (AvgIpc) is 2.56. The molecule has 0 heterocycles. The quantitative estimate of drug-likeness (QED) is 0.574. The van der Waals surface area contributed by atoms with Gasteiger partial charge in [-0.05, 0) is 46.8 Å². The van der Waals surface area contributed by atoms with Crippen molar-refractivity contribution in [2.24, 2.45) is 0 Å². The van der Waals surface area contributed by atoms with Crippen LogP contribution < -0.4 is 5.32 Å². The summed E-state index contributed by atoms with van der Waals surface area (Å²) >= 11 is 0. The summed E-state index contributed by atoms with van der Waals surface area (Å²) < 4.78 is 0. The Bertz CT molecular complexity index is 250. The molecule has 0 spiro atoms. The van der Waals surface area contributed by atoms with E-state index in [9.17, 15) is 0 Å². The van der Waals surface area contributed by atoms with Crippen molar-refractivity contribution in [3.8, 4) is 0 Å². The van der Waals surface area contributed by atoms with Crippen LogP contribution in [0.2, 0.25) is 0 Å². The number of nitrogens with one attached hydrogen (secondary N) is 1. The molecule has 1 N–H and O–H groups in total. The molecule has 0 amide bonds. The summed E-state index contributed by atoms with van der Waals surface area (Å²) in [5, 5.41) is 3.75. The smallest absolute Gasteiger partial charge is 0.0460 e. The predicted octanol–water partition coefficient (Wildman–Crippen LogP) is 3.59. The molecule has 2 heteroatoms. The second-order valence-electron chi connectivity index (χ2n) is 6.15. The molecule has 1 rings (SSSR count). The van der Waals surface area contributed by atoms with Gasteiger partial charge in [-0.3, -0.25) is 0 Å². The van der Waals surface area contributed by atoms with Crippen molar-refractivity contribution < 1.29 is 0 Å². The molecule has 0 aromatic carbocycles. The van der Waals surface area contributed by atoms with Gasteiger partial charge in [0.2, 0.25) is 0 Å². The van der Waals surface area contributed by atoms with Gasteiger partial charge in [-0.25, -0.2) is 0 Å². The molecule has 1 fully saturated rings. The Balaban J connectivity index is 2.93. The van der Waals surface area contributed by atoms with Crippen molar-refractivity contribution in [1.29, 1.82) is 0 Å². The van der Waals surface area contributed by atoms with Gasteiger partial charge in [-0.2, -0.15) is 0 Å². The van der Waals surface area contributed by atoms with E-state index in [1.165, 1.54) is 50.5 Å². The highest BCUT2D eigenvalue weighted by Crippen LogP contribution is 2.36. The highest BCUT2D eigenvalue weighted by molar-refractivity contribution is 5.15. The molecule has 2 nitrogen and oxygen atoms in total. The maximum atomic E-state index is 4.25. The number of rotatable bonds is 6. The molecule has 1 atom stereocenters. The van der Waals surface area contributed by atoms with Crippen molar-refractivity contribution in [2.75, 3.05) is 20.6 Å². The first-order valence-electron chi connectivity index (χ1n) is 7.61. The van der Waals surface area contributed by atoms with Gasteiger partial charge in [-0.1, -0.05) is 44.8 Å². The van der Waals surface area contributed by atoms with Crippen molar-refractivity contribution in [3.05, 3.63) is 12.2 Å². The van der Waals surface area contributed by atoms with E-state index in [0.717, 1.165) is 6.54 Å². The third-order valence-electron chi connectivity index (χ3n) is 4.49. The van der Waals surface area contributed by atoms with E-state index in [1.54, 1.807) is 0 Å². The first-order chi connectivity index (χ1) is 8.54. The highest BCUT2D eigenvalue weighted by atomic mass is 15.2. The second kappa shape index (κ2) is 7.30. The first-order valence-corrected chi connectivity index (χ1v) is 7.61. The Labute approximate surface area is 114 Å². The summed E-state index contributed by atoms with van der Waals surface area (Å²) in [6, 6.07) is 0.436. The molecule has 1 saturated carbocycles. The number of likely N-dealkylation sites (N-methyl/N-ethyl adjacent to an activating group) is 1. The molecule has 1 aliphatic carbocycles. The average molecular weight is 252 g/mol. The van der Waals surface area contributed by atoms with Crippen LogP contribution in [0.5, 0.6) is 0 Å². The SMILES string of the molecule is C=C(C)C(NCCC)C1(N(C)C)CCCCCC1. The number of nitrogens with zero attached hydrogens (tertiary/aromatic N) is 1.